The van der Waals surface area contributed by atoms with Crippen LogP contribution >= 0.6 is 0 Å². The van der Waals surface area contributed by atoms with E-state index in [1.165, 1.54) is 24.4 Å². The summed E-state index contributed by atoms with van der Waals surface area (Å²) in [6.07, 6.45) is 10.5. The van der Waals surface area contributed by atoms with E-state index < -0.39 is 17.2 Å². The standard InChI is InChI=1S/C29H29F2N7O2/c1-3-18-21(30)7-8-22-24(18)19(14-23(39)34-22)26-25(31)27-20(15-33-26)28(37(2)16-17-6-4-5-9-32-17)36-29(35-27)38-10-12-40-13-11-38/h1,7-8,14-15,17,32H,4-6,9-13,16H2,2H3,(H,34,39)/t17-/m1/s1. The number of hydrogen-bond acceptors (Lipinski definition) is 8. The topological polar surface area (TPSA) is 99.3 Å². The molecule has 0 radical (unpaired) electrons. The zero-order valence-corrected chi connectivity index (χ0v) is 22.1. The number of hydrogen-bond donors (Lipinski definition) is 2. The lowest BCUT2D eigenvalue weighted by Crippen LogP contribution is -2.43. The molecule has 0 spiro atoms. The number of fused-ring (bicyclic) bond motifs is 2. The van der Waals surface area contributed by atoms with E-state index in [4.69, 9.17) is 16.1 Å². The van der Waals surface area contributed by atoms with Crippen LogP contribution in [-0.2, 0) is 4.74 Å². The summed E-state index contributed by atoms with van der Waals surface area (Å²) in [4.78, 5) is 33.1. The molecule has 0 saturated carbocycles. The van der Waals surface area contributed by atoms with E-state index >= 15 is 4.39 Å². The van der Waals surface area contributed by atoms with E-state index in [2.05, 4.69) is 26.2 Å². The molecule has 2 aliphatic rings. The van der Waals surface area contributed by atoms with Crippen LogP contribution in [0.1, 0.15) is 24.8 Å². The lowest BCUT2D eigenvalue weighted by molar-refractivity contribution is 0.122. The summed E-state index contributed by atoms with van der Waals surface area (Å²) in [5.74, 6) is 1.89. The van der Waals surface area contributed by atoms with Gasteiger partial charge in [-0.15, -0.1) is 6.42 Å². The molecule has 9 nitrogen and oxygen atoms in total. The second-order valence-electron chi connectivity index (χ2n) is 10.2. The molecule has 11 heteroatoms. The third kappa shape index (κ3) is 4.74. The maximum atomic E-state index is 16.5. The van der Waals surface area contributed by atoms with Crippen LogP contribution in [0.25, 0.3) is 33.1 Å². The Balaban J connectivity index is 1.55. The number of nitrogens with one attached hydrogen (secondary N) is 2. The van der Waals surface area contributed by atoms with Crippen LogP contribution in [0.2, 0.25) is 0 Å². The third-order valence-electron chi connectivity index (χ3n) is 7.57. The minimum absolute atomic E-state index is 0.0621. The molecular formula is C29H29F2N7O2. The molecule has 0 bridgehead atoms. The Bertz CT molecular complexity index is 1690. The van der Waals surface area contributed by atoms with Crippen LogP contribution in [-0.4, -0.2) is 72.4 Å². The van der Waals surface area contributed by atoms with Crippen molar-refractivity contribution in [3.63, 3.8) is 0 Å². The third-order valence-corrected chi connectivity index (χ3v) is 7.57. The first-order valence-electron chi connectivity index (χ1n) is 13.4. The normalized spacial score (nSPS) is 17.8. The van der Waals surface area contributed by atoms with E-state index in [0.717, 1.165) is 25.8 Å². The number of terminal acetylenes is 1. The van der Waals surface area contributed by atoms with Gasteiger partial charge in [-0.05, 0) is 31.5 Å². The van der Waals surface area contributed by atoms with Crippen LogP contribution in [0, 0.1) is 24.0 Å². The van der Waals surface area contributed by atoms with Gasteiger partial charge in [-0.2, -0.15) is 4.98 Å². The molecule has 5 heterocycles. The van der Waals surface area contributed by atoms with Crippen molar-refractivity contribution in [1.29, 1.82) is 0 Å². The molecule has 2 aliphatic heterocycles. The molecular weight excluding hydrogens is 516 g/mol. The molecule has 206 valence electrons. The Labute approximate surface area is 229 Å². The number of piperidine rings is 1. The van der Waals surface area contributed by atoms with Gasteiger partial charge in [0.15, 0.2) is 5.82 Å². The Morgan fingerprint density at radius 2 is 2.05 bits per heavy atom. The largest absolute Gasteiger partial charge is 0.378 e. The fourth-order valence-corrected chi connectivity index (χ4v) is 5.57. The average Bonchev–Trinajstić information content (AvgIpc) is 2.98. The molecule has 6 rings (SSSR count). The zero-order valence-electron chi connectivity index (χ0n) is 22.1. The number of morpholine rings is 1. The van der Waals surface area contributed by atoms with Crippen molar-refractivity contribution in [2.24, 2.45) is 0 Å². The number of aromatic nitrogens is 4. The Morgan fingerprint density at radius 3 is 2.80 bits per heavy atom. The molecule has 2 fully saturated rings. The molecule has 2 N–H and O–H groups in total. The molecule has 1 aromatic carbocycles. The van der Waals surface area contributed by atoms with Crippen molar-refractivity contribution in [3.8, 4) is 23.6 Å². The number of anilines is 2. The average molecular weight is 546 g/mol. The van der Waals surface area contributed by atoms with Gasteiger partial charge < -0.3 is 24.8 Å². The highest BCUT2D eigenvalue weighted by molar-refractivity contribution is 6.00. The number of likely N-dealkylation sites (N-methyl/N-ethyl adjacent to an activating group) is 1. The monoisotopic (exact) mass is 545 g/mol. The smallest absolute Gasteiger partial charge is 0.249 e. The van der Waals surface area contributed by atoms with Gasteiger partial charge in [-0.25, -0.2) is 13.8 Å². The minimum Gasteiger partial charge on any atom is -0.378 e. The maximum Gasteiger partial charge on any atom is 0.249 e. The van der Waals surface area contributed by atoms with E-state index in [1.54, 1.807) is 0 Å². The van der Waals surface area contributed by atoms with Crippen molar-refractivity contribution in [1.82, 2.24) is 25.3 Å². The van der Waals surface area contributed by atoms with Crippen molar-refractivity contribution >= 4 is 33.6 Å². The molecule has 0 amide bonds. The second kappa shape index (κ2) is 10.8. The predicted octanol–water partition coefficient (Wildman–Crippen LogP) is 3.21. The molecule has 0 unspecified atom stereocenters. The Hall–Kier alpha value is -4.14. The summed E-state index contributed by atoms with van der Waals surface area (Å²) in [7, 11) is 1.93. The summed E-state index contributed by atoms with van der Waals surface area (Å²) in [5.41, 5.74) is -0.266. The van der Waals surface area contributed by atoms with E-state index in [1.807, 2.05) is 16.8 Å². The van der Waals surface area contributed by atoms with Gasteiger partial charge in [0.2, 0.25) is 11.5 Å². The molecule has 0 aliphatic carbocycles. The van der Waals surface area contributed by atoms with Gasteiger partial charge in [-0.1, -0.05) is 12.3 Å². The van der Waals surface area contributed by atoms with Gasteiger partial charge in [-0.3, -0.25) is 9.78 Å². The van der Waals surface area contributed by atoms with Crippen LogP contribution in [0.15, 0.2) is 29.2 Å². The summed E-state index contributed by atoms with van der Waals surface area (Å²) in [6.45, 7) is 3.82. The lowest BCUT2D eigenvalue weighted by atomic mass is 9.99. The number of rotatable bonds is 5. The number of pyridine rings is 2. The van der Waals surface area contributed by atoms with Crippen LogP contribution in [0.4, 0.5) is 20.5 Å². The Morgan fingerprint density at radius 1 is 1.23 bits per heavy atom. The molecule has 3 aromatic heterocycles. The maximum absolute atomic E-state index is 16.5. The van der Waals surface area contributed by atoms with Crippen molar-refractivity contribution in [2.45, 2.75) is 25.3 Å². The second-order valence-corrected chi connectivity index (χ2v) is 10.2. The predicted molar refractivity (Wildman–Crippen MR) is 151 cm³/mol. The molecule has 40 heavy (non-hydrogen) atoms. The highest BCUT2D eigenvalue weighted by atomic mass is 19.1. The fourth-order valence-electron chi connectivity index (χ4n) is 5.57. The first kappa shape index (κ1) is 26.1. The Kier molecular flexibility index (Phi) is 7.04. The quantitative estimate of drug-likeness (QED) is 0.369. The summed E-state index contributed by atoms with van der Waals surface area (Å²) < 4.78 is 36.7. The number of halogens is 2. The number of benzene rings is 1. The SMILES string of the molecule is C#Cc1c(F)ccc2[nH]c(=O)cc(-c3ncc4c(N(C)C[C@H]5CCCCN5)nc(N5CCOCC5)nc4c3F)c12. The first-order valence-corrected chi connectivity index (χ1v) is 13.4. The highest BCUT2D eigenvalue weighted by Gasteiger charge is 2.25. The van der Waals surface area contributed by atoms with Gasteiger partial charge in [0.05, 0.1) is 29.7 Å². The number of aromatic amines is 1. The summed E-state index contributed by atoms with van der Waals surface area (Å²) >= 11 is 0. The fraction of sp³-hybridized carbons (Fsp3) is 0.379. The van der Waals surface area contributed by atoms with Crippen molar-refractivity contribution in [2.75, 3.05) is 56.2 Å². The van der Waals surface area contributed by atoms with Gasteiger partial charge in [0.25, 0.3) is 0 Å². The van der Waals surface area contributed by atoms with E-state index in [0.29, 0.717) is 50.0 Å². The minimum atomic E-state index is -0.737. The summed E-state index contributed by atoms with van der Waals surface area (Å²) in [6, 6.07) is 4.05. The lowest BCUT2D eigenvalue weighted by Gasteiger charge is -2.31. The van der Waals surface area contributed by atoms with Crippen LogP contribution in [0.5, 0.6) is 0 Å². The van der Waals surface area contributed by atoms with E-state index in [-0.39, 0.29) is 39.3 Å². The van der Waals surface area contributed by atoms with E-state index in [9.17, 15) is 9.18 Å². The number of ether oxygens (including phenoxy) is 1. The first-order chi connectivity index (χ1) is 19.4. The number of H-pyrrole nitrogens is 1. The van der Waals surface area contributed by atoms with Gasteiger partial charge in [0.1, 0.15) is 22.8 Å². The summed E-state index contributed by atoms with van der Waals surface area (Å²) in [5, 5.41) is 4.19. The number of nitrogens with zero attached hydrogens (tertiary/aromatic N) is 5. The molecule has 1 atom stereocenters. The van der Waals surface area contributed by atoms with Gasteiger partial charge in [0, 0.05) is 55.9 Å². The van der Waals surface area contributed by atoms with Crippen molar-refractivity contribution < 1.29 is 13.5 Å². The molecule has 2 saturated heterocycles. The van der Waals surface area contributed by atoms with Crippen molar-refractivity contribution in [3.05, 3.63) is 51.9 Å². The van der Waals surface area contributed by atoms with Gasteiger partial charge >= 0.3 is 0 Å². The zero-order chi connectivity index (χ0) is 27.8. The van der Waals surface area contributed by atoms with Crippen LogP contribution in [0.3, 0.4) is 0 Å². The highest BCUT2D eigenvalue weighted by Crippen LogP contribution is 2.35. The van der Waals surface area contributed by atoms with Crippen LogP contribution < -0.4 is 20.7 Å². The molecule has 4 aromatic rings.